The van der Waals surface area contributed by atoms with Gasteiger partial charge in [-0.3, -0.25) is 5.10 Å². The van der Waals surface area contributed by atoms with Crippen molar-refractivity contribution in [3.8, 4) is 0 Å². The summed E-state index contributed by atoms with van der Waals surface area (Å²) in [6.07, 6.45) is 4.85. The Bertz CT molecular complexity index is 374. The van der Waals surface area contributed by atoms with Crippen LogP contribution in [0.3, 0.4) is 0 Å². The molecule has 1 aliphatic heterocycles. The predicted octanol–water partition coefficient (Wildman–Crippen LogP) is 1.25. The molecule has 1 aliphatic carbocycles. The molecule has 0 amide bonds. The van der Waals surface area contributed by atoms with E-state index in [1.807, 2.05) is 0 Å². The van der Waals surface area contributed by atoms with Crippen molar-refractivity contribution in [2.45, 2.75) is 44.6 Å². The molecule has 5 heteroatoms. The maximum absolute atomic E-state index is 5.95. The number of aromatic amines is 1. The second-order valence-electron chi connectivity index (χ2n) is 5.48. The Morgan fingerprint density at radius 1 is 1.29 bits per heavy atom. The Kier molecular flexibility index (Phi) is 2.78. The van der Waals surface area contributed by atoms with Crippen LogP contribution < -0.4 is 10.6 Å². The maximum Gasteiger partial charge on any atom is 0.244 e. The van der Waals surface area contributed by atoms with Crippen molar-refractivity contribution in [2.75, 3.05) is 18.0 Å². The molecule has 0 radical (unpaired) electrons. The van der Waals surface area contributed by atoms with Crippen LogP contribution in [0.1, 0.15) is 44.3 Å². The lowest BCUT2D eigenvalue weighted by molar-refractivity contribution is 0.352. The number of anilines is 1. The van der Waals surface area contributed by atoms with E-state index in [9.17, 15) is 0 Å². The largest absolute Gasteiger partial charge is 0.340 e. The highest BCUT2D eigenvalue weighted by atomic mass is 15.4. The van der Waals surface area contributed by atoms with Crippen LogP contribution in [0.15, 0.2) is 0 Å². The molecule has 3 N–H and O–H groups in total. The number of hydrogen-bond acceptors (Lipinski definition) is 4. The molecule has 17 heavy (non-hydrogen) atoms. The van der Waals surface area contributed by atoms with Gasteiger partial charge in [-0.25, -0.2) is 0 Å². The maximum atomic E-state index is 5.95. The third-order valence-corrected chi connectivity index (χ3v) is 4.02. The smallest absolute Gasteiger partial charge is 0.244 e. The Hall–Kier alpha value is -1.10. The van der Waals surface area contributed by atoms with E-state index >= 15 is 0 Å². The molecule has 1 saturated carbocycles. The molecule has 1 atom stereocenters. The summed E-state index contributed by atoms with van der Waals surface area (Å²) >= 11 is 0. The monoisotopic (exact) mass is 235 g/mol. The number of nitrogens with one attached hydrogen (secondary N) is 1. The molecular formula is C12H21N5. The molecule has 3 rings (SSSR count). The number of nitrogens with zero attached hydrogens (tertiary/aromatic N) is 3. The van der Waals surface area contributed by atoms with Crippen LogP contribution in [0.5, 0.6) is 0 Å². The van der Waals surface area contributed by atoms with Crippen molar-refractivity contribution in [2.24, 2.45) is 11.7 Å². The number of H-pyrrole nitrogens is 1. The molecule has 1 aromatic heterocycles. The van der Waals surface area contributed by atoms with Crippen LogP contribution in [-0.2, 0) is 0 Å². The zero-order valence-corrected chi connectivity index (χ0v) is 10.4. The van der Waals surface area contributed by atoms with E-state index in [1.165, 1.54) is 12.8 Å². The van der Waals surface area contributed by atoms with Crippen molar-refractivity contribution in [3.63, 3.8) is 0 Å². The standard InChI is InChI=1S/C12H21N5/c1-8(13)9-4-6-17(7-5-9)12-14-11(15-16-12)10-2-3-10/h8-10H,2-7,13H2,1H3,(H,14,15,16). The third-order valence-electron chi connectivity index (χ3n) is 4.02. The molecule has 2 fully saturated rings. The van der Waals surface area contributed by atoms with Gasteiger partial charge in [0.25, 0.3) is 0 Å². The zero-order chi connectivity index (χ0) is 11.8. The van der Waals surface area contributed by atoms with Gasteiger partial charge in [-0.1, -0.05) is 0 Å². The fraction of sp³-hybridized carbons (Fsp3) is 0.833. The fourth-order valence-electron chi connectivity index (χ4n) is 2.57. The average molecular weight is 235 g/mol. The van der Waals surface area contributed by atoms with Gasteiger partial charge < -0.3 is 10.6 Å². The van der Waals surface area contributed by atoms with Gasteiger partial charge in [0.15, 0.2) is 0 Å². The van der Waals surface area contributed by atoms with E-state index in [0.29, 0.717) is 17.9 Å². The Morgan fingerprint density at radius 3 is 2.59 bits per heavy atom. The molecule has 0 bridgehead atoms. The summed E-state index contributed by atoms with van der Waals surface area (Å²) in [5, 5.41) is 7.40. The second kappa shape index (κ2) is 4.29. The van der Waals surface area contributed by atoms with Crippen LogP contribution in [0.25, 0.3) is 0 Å². The predicted molar refractivity (Wildman–Crippen MR) is 66.9 cm³/mol. The number of nitrogens with two attached hydrogens (primary N) is 1. The molecule has 0 aromatic carbocycles. The lowest BCUT2D eigenvalue weighted by Gasteiger charge is -2.32. The number of aromatic nitrogens is 3. The van der Waals surface area contributed by atoms with Gasteiger partial charge in [0.05, 0.1) is 0 Å². The van der Waals surface area contributed by atoms with E-state index in [-0.39, 0.29) is 0 Å². The lowest BCUT2D eigenvalue weighted by atomic mass is 9.91. The normalized spacial score (nSPS) is 24.0. The first-order chi connectivity index (χ1) is 8.24. The molecule has 1 aromatic rings. The highest BCUT2D eigenvalue weighted by Crippen LogP contribution is 2.38. The summed E-state index contributed by atoms with van der Waals surface area (Å²) in [5.41, 5.74) is 5.95. The van der Waals surface area contributed by atoms with Gasteiger partial charge in [-0.2, -0.15) is 4.98 Å². The molecule has 2 aliphatic rings. The van der Waals surface area contributed by atoms with E-state index in [2.05, 4.69) is 27.0 Å². The highest BCUT2D eigenvalue weighted by molar-refractivity contribution is 5.30. The Balaban J connectivity index is 1.61. The first-order valence-corrected chi connectivity index (χ1v) is 6.67. The van der Waals surface area contributed by atoms with Gasteiger partial charge in [-0.15, -0.1) is 5.10 Å². The van der Waals surface area contributed by atoms with Crippen molar-refractivity contribution < 1.29 is 0 Å². The van der Waals surface area contributed by atoms with Crippen LogP contribution in [-0.4, -0.2) is 34.3 Å². The minimum atomic E-state index is 0.311. The minimum absolute atomic E-state index is 0.311. The number of hydrogen-bond donors (Lipinski definition) is 2. The molecule has 1 saturated heterocycles. The fourth-order valence-corrected chi connectivity index (χ4v) is 2.57. The van der Waals surface area contributed by atoms with Crippen molar-refractivity contribution in [3.05, 3.63) is 5.82 Å². The lowest BCUT2D eigenvalue weighted by Crippen LogP contribution is -2.40. The molecule has 5 nitrogen and oxygen atoms in total. The summed E-state index contributed by atoms with van der Waals surface area (Å²) < 4.78 is 0. The number of rotatable bonds is 3. The summed E-state index contributed by atoms with van der Waals surface area (Å²) in [7, 11) is 0. The molecule has 94 valence electrons. The van der Waals surface area contributed by atoms with Gasteiger partial charge >= 0.3 is 0 Å². The first kappa shape index (κ1) is 11.0. The van der Waals surface area contributed by atoms with Crippen molar-refractivity contribution in [1.82, 2.24) is 15.2 Å². The van der Waals surface area contributed by atoms with Gasteiger partial charge in [0.2, 0.25) is 5.95 Å². The van der Waals surface area contributed by atoms with E-state index in [0.717, 1.165) is 37.7 Å². The summed E-state index contributed by atoms with van der Waals surface area (Å²) in [5.74, 6) is 3.27. The van der Waals surface area contributed by atoms with Crippen LogP contribution in [0.2, 0.25) is 0 Å². The van der Waals surface area contributed by atoms with Crippen molar-refractivity contribution >= 4 is 5.95 Å². The molecule has 0 spiro atoms. The van der Waals surface area contributed by atoms with E-state index in [1.54, 1.807) is 0 Å². The molecule has 2 heterocycles. The van der Waals surface area contributed by atoms with E-state index in [4.69, 9.17) is 5.73 Å². The number of piperidine rings is 1. The SMILES string of the molecule is CC(N)C1CCN(c2n[nH]c(C3CC3)n2)CC1. The van der Waals surface area contributed by atoms with Gasteiger partial charge in [-0.05, 0) is 38.5 Å². The topological polar surface area (TPSA) is 70.8 Å². The Labute approximate surface area is 102 Å². The first-order valence-electron chi connectivity index (χ1n) is 6.67. The van der Waals surface area contributed by atoms with Gasteiger partial charge in [0, 0.05) is 25.0 Å². The van der Waals surface area contributed by atoms with E-state index < -0.39 is 0 Å². The zero-order valence-electron chi connectivity index (χ0n) is 10.4. The average Bonchev–Trinajstić information content (AvgIpc) is 3.07. The van der Waals surface area contributed by atoms with Gasteiger partial charge in [0.1, 0.15) is 5.82 Å². The Morgan fingerprint density at radius 2 is 2.00 bits per heavy atom. The summed E-state index contributed by atoms with van der Waals surface area (Å²) in [6.45, 7) is 4.18. The van der Waals surface area contributed by atoms with Crippen LogP contribution in [0, 0.1) is 5.92 Å². The van der Waals surface area contributed by atoms with Crippen LogP contribution in [0.4, 0.5) is 5.95 Å². The molecular weight excluding hydrogens is 214 g/mol. The second-order valence-corrected chi connectivity index (χ2v) is 5.48. The summed E-state index contributed by atoms with van der Waals surface area (Å²) in [6, 6.07) is 0.311. The highest BCUT2D eigenvalue weighted by Gasteiger charge is 2.29. The minimum Gasteiger partial charge on any atom is -0.340 e. The quantitative estimate of drug-likeness (QED) is 0.827. The molecule has 1 unspecified atom stereocenters. The van der Waals surface area contributed by atoms with Crippen LogP contribution >= 0.6 is 0 Å². The van der Waals surface area contributed by atoms with Crippen molar-refractivity contribution in [1.29, 1.82) is 0 Å². The third kappa shape index (κ3) is 2.29. The summed E-state index contributed by atoms with van der Waals surface area (Å²) in [4.78, 5) is 6.87.